The zero-order chi connectivity index (χ0) is 16.2. The SMILES string of the molecule is Cc1nnc(NC(=O)NC[C@@H]2CCN(C)[C@H]2c2cccnc2)s1. The lowest BCUT2D eigenvalue weighted by molar-refractivity contribution is 0.243. The molecule has 3 rings (SSSR count). The number of nitrogens with zero attached hydrogens (tertiary/aromatic N) is 4. The summed E-state index contributed by atoms with van der Waals surface area (Å²) < 4.78 is 0. The number of hydrogen-bond donors (Lipinski definition) is 2. The van der Waals surface area contributed by atoms with Crippen LogP contribution in [-0.2, 0) is 0 Å². The summed E-state index contributed by atoms with van der Waals surface area (Å²) in [4.78, 5) is 18.5. The van der Waals surface area contributed by atoms with E-state index in [1.807, 2.05) is 19.2 Å². The highest BCUT2D eigenvalue weighted by Gasteiger charge is 2.33. The number of amides is 2. The maximum atomic E-state index is 12.0. The highest BCUT2D eigenvalue weighted by molar-refractivity contribution is 7.15. The van der Waals surface area contributed by atoms with Crippen molar-refractivity contribution >= 4 is 22.5 Å². The Balaban J connectivity index is 1.57. The second kappa shape index (κ2) is 7.01. The van der Waals surface area contributed by atoms with Crippen molar-refractivity contribution in [3.8, 4) is 0 Å². The van der Waals surface area contributed by atoms with Gasteiger partial charge in [0.1, 0.15) is 5.01 Å². The van der Waals surface area contributed by atoms with E-state index in [-0.39, 0.29) is 12.1 Å². The molecule has 1 aliphatic rings. The summed E-state index contributed by atoms with van der Waals surface area (Å²) in [5, 5.41) is 14.8. The normalized spacial score (nSPS) is 21.3. The maximum absolute atomic E-state index is 12.0. The molecule has 0 bridgehead atoms. The van der Waals surface area contributed by atoms with Crippen molar-refractivity contribution in [3.05, 3.63) is 35.1 Å². The molecule has 23 heavy (non-hydrogen) atoms. The lowest BCUT2D eigenvalue weighted by Gasteiger charge is -2.25. The lowest BCUT2D eigenvalue weighted by atomic mass is 9.95. The monoisotopic (exact) mass is 332 g/mol. The number of carbonyl (C=O) groups is 1. The van der Waals surface area contributed by atoms with Gasteiger partial charge in [0.05, 0.1) is 0 Å². The van der Waals surface area contributed by atoms with Gasteiger partial charge in [-0.2, -0.15) is 0 Å². The number of anilines is 1. The Hall–Kier alpha value is -2.06. The molecule has 2 N–H and O–H groups in total. The van der Waals surface area contributed by atoms with E-state index in [4.69, 9.17) is 0 Å². The number of urea groups is 1. The van der Waals surface area contributed by atoms with E-state index in [0.717, 1.165) is 18.0 Å². The fraction of sp³-hybridized carbons (Fsp3) is 0.467. The fourth-order valence-electron chi connectivity index (χ4n) is 3.03. The molecule has 2 amide bonds. The number of nitrogens with one attached hydrogen (secondary N) is 2. The summed E-state index contributed by atoms with van der Waals surface area (Å²) in [5.74, 6) is 0.367. The van der Waals surface area contributed by atoms with Crippen LogP contribution in [0.2, 0.25) is 0 Å². The largest absolute Gasteiger partial charge is 0.337 e. The summed E-state index contributed by atoms with van der Waals surface area (Å²) in [6, 6.07) is 4.10. The van der Waals surface area contributed by atoms with E-state index in [1.165, 1.54) is 16.9 Å². The smallest absolute Gasteiger partial charge is 0.321 e. The Morgan fingerprint density at radius 2 is 2.35 bits per heavy atom. The van der Waals surface area contributed by atoms with Crippen LogP contribution in [0.5, 0.6) is 0 Å². The first-order valence-corrected chi connectivity index (χ1v) is 8.40. The molecule has 0 unspecified atom stereocenters. The van der Waals surface area contributed by atoms with Crippen molar-refractivity contribution in [1.82, 2.24) is 25.4 Å². The third-order valence-corrected chi connectivity index (χ3v) is 4.83. The minimum absolute atomic E-state index is 0.236. The Morgan fingerprint density at radius 3 is 3.04 bits per heavy atom. The molecule has 8 heteroatoms. The van der Waals surface area contributed by atoms with Gasteiger partial charge in [0.15, 0.2) is 0 Å². The summed E-state index contributed by atoms with van der Waals surface area (Å²) in [7, 11) is 2.11. The standard InChI is InChI=1S/C15H20N6OS/c1-10-19-20-15(23-10)18-14(22)17-9-12-5-7-21(2)13(12)11-4-3-6-16-8-11/h3-4,6,8,12-13H,5,7,9H2,1-2H3,(H2,17,18,20,22)/t12-,13-/m0/s1. The maximum Gasteiger partial charge on any atom is 0.321 e. The third kappa shape index (κ3) is 3.83. The molecule has 0 radical (unpaired) electrons. The molecule has 0 aromatic carbocycles. The van der Waals surface area contributed by atoms with Crippen molar-refractivity contribution in [2.75, 3.05) is 25.5 Å². The summed E-state index contributed by atoms with van der Waals surface area (Å²) in [5.41, 5.74) is 1.19. The average Bonchev–Trinajstić information content (AvgIpc) is 3.12. The van der Waals surface area contributed by atoms with Crippen LogP contribution in [0.3, 0.4) is 0 Å². The number of carbonyl (C=O) groups excluding carboxylic acids is 1. The molecule has 1 saturated heterocycles. The number of hydrogen-bond acceptors (Lipinski definition) is 6. The minimum atomic E-state index is -0.236. The number of rotatable bonds is 4. The van der Waals surface area contributed by atoms with Crippen LogP contribution >= 0.6 is 11.3 Å². The average molecular weight is 332 g/mol. The van der Waals surface area contributed by atoms with Crippen molar-refractivity contribution in [2.24, 2.45) is 5.92 Å². The molecule has 0 saturated carbocycles. The van der Waals surface area contributed by atoms with Gasteiger partial charge < -0.3 is 5.32 Å². The molecule has 3 heterocycles. The number of pyridine rings is 1. The number of aryl methyl sites for hydroxylation is 1. The van der Waals surface area contributed by atoms with Gasteiger partial charge >= 0.3 is 6.03 Å². The molecule has 2 aromatic heterocycles. The minimum Gasteiger partial charge on any atom is -0.337 e. The van der Waals surface area contributed by atoms with Gasteiger partial charge in [-0.1, -0.05) is 17.4 Å². The first-order chi connectivity index (χ1) is 11.1. The molecule has 7 nitrogen and oxygen atoms in total. The highest BCUT2D eigenvalue weighted by atomic mass is 32.1. The van der Waals surface area contributed by atoms with Crippen LogP contribution in [0.15, 0.2) is 24.5 Å². The van der Waals surface area contributed by atoms with Crippen molar-refractivity contribution in [2.45, 2.75) is 19.4 Å². The first-order valence-electron chi connectivity index (χ1n) is 7.58. The molecule has 1 fully saturated rings. The van der Waals surface area contributed by atoms with Crippen LogP contribution in [0.4, 0.5) is 9.93 Å². The quantitative estimate of drug-likeness (QED) is 0.895. The molecule has 2 aromatic rings. The third-order valence-electron chi connectivity index (χ3n) is 4.07. The Kier molecular flexibility index (Phi) is 4.82. The molecule has 2 atom stereocenters. The van der Waals surface area contributed by atoms with Gasteiger partial charge in [0, 0.05) is 25.0 Å². The zero-order valence-electron chi connectivity index (χ0n) is 13.2. The van der Waals surface area contributed by atoms with Crippen molar-refractivity contribution in [1.29, 1.82) is 0 Å². The number of aromatic nitrogens is 3. The van der Waals surface area contributed by atoms with E-state index in [0.29, 0.717) is 17.6 Å². The topological polar surface area (TPSA) is 83.0 Å². The van der Waals surface area contributed by atoms with E-state index < -0.39 is 0 Å². The van der Waals surface area contributed by atoms with E-state index in [9.17, 15) is 4.79 Å². The van der Waals surface area contributed by atoms with Gasteiger partial charge in [-0.15, -0.1) is 10.2 Å². The zero-order valence-corrected chi connectivity index (χ0v) is 14.0. The second-order valence-corrected chi connectivity index (χ2v) is 6.90. The predicted molar refractivity (Wildman–Crippen MR) is 89.4 cm³/mol. The van der Waals surface area contributed by atoms with Crippen LogP contribution in [-0.4, -0.2) is 46.2 Å². The molecule has 122 valence electrons. The van der Waals surface area contributed by atoms with E-state index in [1.54, 1.807) is 6.20 Å². The van der Waals surface area contributed by atoms with Crippen LogP contribution in [0.25, 0.3) is 0 Å². The summed E-state index contributed by atoms with van der Waals surface area (Å²) >= 11 is 1.36. The van der Waals surface area contributed by atoms with Crippen molar-refractivity contribution < 1.29 is 4.79 Å². The Labute approximate surface area is 139 Å². The Bertz CT molecular complexity index is 661. The number of likely N-dealkylation sites (tertiary alicyclic amines) is 1. The van der Waals surface area contributed by atoms with Gasteiger partial charge in [-0.25, -0.2) is 4.79 Å². The highest BCUT2D eigenvalue weighted by Crippen LogP contribution is 2.35. The first kappa shape index (κ1) is 15.8. The van der Waals surface area contributed by atoms with Crippen LogP contribution in [0.1, 0.15) is 23.0 Å². The summed E-state index contributed by atoms with van der Waals surface area (Å²) in [6.07, 6.45) is 4.74. The predicted octanol–water partition coefficient (Wildman–Crippen LogP) is 2.06. The molecular weight excluding hydrogens is 312 g/mol. The van der Waals surface area contributed by atoms with Gasteiger partial charge in [-0.3, -0.25) is 15.2 Å². The summed E-state index contributed by atoms with van der Waals surface area (Å²) in [6.45, 7) is 3.49. The molecule has 0 aliphatic carbocycles. The van der Waals surface area contributed by atoms with Crippen LogP contribution in [0, 0.1) is 12.8 Å². The van der Waals surface area contributed by atoms with Crippen LogP contribution < -0.4 is 10.6 Å². The fourth-order valence-corrected chi connectivity index (χ4v) is 3.62. The van der Waals surface area contributed by atoms with Gasteiger partial charge in [-0.05, 0) is 44.5 Å². The molecular formula is C15H20N6OS. The van der Waals surface area contributed by atoms with E-state index >= 15 is 0 Å². The van der Waals surface area contributed by atoms with Gasteiger partial charge in [0.2, 0.25) is 5.13 Å². The molecule has 1 aliphatic heterocycles. The Morgan fingerprint density at radius 1 is 1.48 bits per heavy atom. The van der Waals surface area contributed by atoms with E-state index in [2.05, 4.69) is 43.8 Å². The second-order valence-electron chi connectivity index (χ2n) is 5.72. The van der Waals surface area contributed by atoms with Crippen molar-refractivity contribution in [3.63, 3.8) is 0 Å². The van der Waals surface area contributed by atoms with Gasteiger partial charge in [0.25, 0.3) is 0 Å². The molecule has 0 spiro atoms. The lowest BCUT2D eigenvalue weighted by Crippen LogP contribution is -2.35.